The van der Waals surface area contributed by atoms with Gasteiger partial charge in [-0.15, -0.1) is 0 Å². The van der Waals surface area contributed by atoms with Crippen LogP contribution in [0.3, 0.4) is 0 Å². The van der Waals surface area contributed by atoms with E-state index < -0.39 is 0 Å². The van der Waals surface area contributed by atoms with Gasteiger partial charge in [-0.05, 0) is 19.2 Å². The third-order valence-electron chi connectivity index (χ3n) is 2.41. The van der Waals surface area contributed by atoms with Gasteiger partial charge in [-0.25, -0.2) is 0 Å². The average Bonchev–Trinajstić information content (AvgIpc) is 2.37. The second kappa shape index (κ2) is 7.68. The van der Waals surface area contributed by atoms with Crippen molar-refractivity contribution >= 4 is 5.97 Å². The van der Waals surface area contributed by atoms with Gasteiger partial charge in [0, 0.05) is 13.1 Å². The zero-order valence-electron chi connectivity index (χ0n) is 10.4. The number of esters is 1. The lowest BCUT2D eigenvalue weighted by atomic mass is 10.3. The summed E-state index contributed by atoms with van der Waals surface area (Å²) in [5.74, 6) is 0.690. The van der Waals surface area contributed by atoms with Crippen LogP contribution in [-0.4, -0.2) is 44.7 Å². The Labute approximate surface area is 102 Å². The summed E-state index contributed by atoms with van der Waals surface area (Å²) in [7, 11) is 3.36. The Kier molecular flexibility index (Phi) is 6.10. The largest absolute Gasteiger partial charge is 0.492 e. The van der Waals surface area contributed by atoms with Gasteiger partial charge in [0.05, 0.1) is 13.5 Å². The number of nitrogens with zero attached hydrogens (tertiary/aromatic N) is 1. The van der Waals surface area contributed by atoms with Gasteiger partial charge in [0.15, 0.2) is 0 Å². The number of benzene rings is 1. The number of hydrogen-bond donors (Lipinski definition) is 0. The van der Waals surface area contributed by atoms with Crippen molar-refractivity contribution in [3.05, 3.63) is 30.3 Å². The molecule has 0 unspecified atom stereocenters. The summed E-state index contributed by atoms with van der Waals surface area (Å²) in [4.78, 5) is 13.0. The first kappa shape index (κ1) is 13.5. The molecule has 0 heterocycles. The summed E-state index contributed by atoms with van der Waals surface area (Å²) in [5, 5.41) is 0. The summed E-state index contributed by atoms with van der Waals surface area (Å²) >= 11 is 0. The molecular formula is C13H19NO3. The van der Waals surface area contributed by atoms with Crippen molar-refractivity contribution in [3.63, 3.8) is 0 Å². The molecule has 4 heteroatoms. The molecule has 94 valence electrons. The normalized spacial score (nSPS) is 10.3. The number of rotatable bonds is 7. The highest BCUT2D eigenvalue weighted by Crippen LogP contribution is 2.07. The lowest BCUT2D eigenvalue weighted by molar-refractivity contribution is -0.140. The Balaban J connectivity index is 2.12. The van der Waals surface area contributed by atoms with Crippen molar-refractivity contribution < 1.29 is 14.3 Å². The van der Waals surface area contributed by atoms with Crippen LogP contribution in [0.25, 0.3) is 0 Å². The van der Waals surface area contributed by atoms with Crippen LogP contribution in [0.2, 0.25) is 0 Å². The molecule has 0 bridgehead atoms. The van der Waals surface area contributed by atoms with E-state index in [1.807, 2.05) is 42.3 Å². The molecule has 0 aliphatic heterocycles. The highest BCUT2D eigenvalue weighted by atomic mass is 16.5. The van der Waals surface area contributed by atoms with Crippen LogP contribution in [0.4, 0.5) is 0 Å². The monoisotopic (exact) mass is 237 g/mol. The van der Waals surface area contributed by atoms with Crippen molar-refractivity contribution in [1.29, 1.82) is 0 Å². The molecule has 17 heavy (non-hydrogen) atoms. The minimum atomic E-state index is -0.180. The van der Waals surface area contributed by atoms with Crippen LogP contribution in [0, 0.1) is 0 Å². The van der Waals surface area contributed by atoms with Crippen molar-refractivity contribution in [1.82, 2.24) is 4.90 Å². The van der Waals surface area contributed by atoms with Crippen LogP contribution in [0.5, 0.6) is 5.75 Å². The van der Waals surface area contributed by atoms with Crippen LogP contribution in [-0.2, 0) is 9.53 Å². The molecule has 0 spiro atoms. The van der Waals surface area contributed by atoms with Crippen molar-refractivity contribution in [3.8, 4) is 5.75 Å². The second-order valence-electron chi connectivity index (χ2n) is 3.79. The quantitative estimate of drug-likeness (QED) is 0.675. The molecule has 0 atom stereocenters. The first-order valence-electron chi connectivity index (χ1n) is 5.65. The lowest BCUT2D eigenvalue weighted by Crippen LogP contribution is -2.27. The molecule has 1 rings (SSSR count). The van der Waals surface area contributed by atoms with E-state index in [0.29, 0.717) is 19.6 Å². The summed E-state index contributed by atoms with van der Waals surface area (Å²) in [6.45, 7) is 2.08. The highest BCUT2D eigenvalue weighted by Gasteiger charge is 2.04. The van der Waals surface area contributed by atoms with E-state index in [2.05, 4.69) is 4.74 Å². The van der Waals surface area contributed by atoms with Crippen molar-refractivity contribution in [2.45, 2.75) is 6.42 Å². The Morgan fingerprint density at radius 3 is 2.59 bits per heavy atom. The molecule has 1 aromatic carbocycles. The number of methoxy groups -OCH3 is 1. The van der Waals surface area contributed by atoms with Crippen molar-refractivity contribution in [2.75, 3.05) is 33.9 Å². The summed E-state index contributed by atoms with van der Waals surface area (Å²) in [6.07, 6.45) is 0.415. The average molecular weight is 237 g/mol. The third kappa shape index (κ3) is 5.92. The van der Waals surface area contributed by atoms with E-state index in [9.17, 15) is 4.79 Å². The van der Waals surface area contributed by atoms with Gasteiger partial charge < -0.3 is 14.4 Å². The lowest BCUT2D eigenvalue weighted by Gasteiger charge is -2.16. The maximum absolute atomic E-state index is 10.9. The second-order valence-corrected chi connectivity index (χ2v) is 3.79. The van der Waals surface area contributed by atoms with Crippen LogP contribution >= 0.6 is 0 Å². The Morgan fingerprint density at radius 1 is 1.24 bits per heavy atom. The molecule has 1 aromatic rings. The summed E-state index contributed by atoms with van der Waals surface area (Å²) in [5.41, 5.74) is 0. The molecule has 0 aliphatic rings. The summed E-state index contributed by atoms with van der Waals surface area (Å²) in [6, 6.07) is 9.69. The number of para-hydroxylation sites is 1. The van der Waals surface area contributed by atoms with E-state index in [1.54, 1.807) is 0 Å². The number of hydrogen-bond acceptors (Lipinski definition) is 4. The standard InChI is InChI=1S/C13H19NO3/c1-14(9-8-13(15)16-2)10-11-17-12-6-4-3-5-7-12/h3-7H,8-11H2,1-2H3. The Hall–Kier alpha value is -1.55. The van der Waals surface area contributed by atoms with E-state index in [0.717, 1.165) is 12.3 Å². The zero-order chi connectivity index (χ0) is 12.5. The number of likely N-dealkylation sites (N-methyl/N-ethyl adjacent to an activating group) is 1. The molecule has 0 radical (unpaired) electrons. The minimum Gasteiger partial charge on any atom is -0.492 e. The summed E-state index contributed by atoms with van der Waals surface area (Å²) < 4.78 is 10.1. The first-order chi connectivity index (χ1) is 8.22. The smallest absolute Gasteiger partial charge is 0.306 e. The van der Waals surface area contributed by atoms with Gasteiger partial charge in [-0.1, -0.05) is 18.2 Å². The van der Waals surface area contributed by atoms with Gasteiger partial charge in [0.1, 0.15) is 12.4 Å². The third-order valence-corrected chi connectivity index (χ3v) is 2.41. The van der Waals surface area contributed by atoms with Gasteiger partial charge in [0.2, 0.25) is 0 Å². The van der Waals surface area contributed by atoms with Crippen LogP contribution in [0.15, 0.2) is 30.3 Å². The molecular weight excluding hydrogens is 218 g/mol. The predicted molar refractivity (Wildman–Crippen MR) is 66.1 cm³/mol. The highest BCUT2D eigenvalue weighted by molar-refractivity contribution is 5.69. The van der Waals surface area contributed by atoms with Gasteiger partial charge in [-0.3, -0.25) is 4.79 Å². The molecule has 4 nitrogen and oxygen atoms in total. The van der Waals surface area contributed by atoms with Crippen LogP contribution < -0.4 is 4.74 Å². The first-order valence-corrected chi connectivity index (χ1v) is 5.65. The predicted octanol–water partition coefficient (Wildman–Crippen LogP) is 1.56. The molecule has 0 N–H and O–H groups in total. The Bertz CT molecular complexity index is 327. The van der Waals surface area contributed by atoms with E-state index in [1.165, 1.54) is 7.11 Å². The minimum absolute atomic E-state index is 0.180. The fourth-order valence-corrected chi connectivity index (χ4v) is 1.33. The fourth-order valence-electron chi connectivity index (χ4n) is 1.33. The van der Waals surface area contributed by atoms with E-state index in [4.69, 9.17) is 4.74 Å². The number of carbonyl (C=O) groups is 1. The fraction of sp³-hybridized carbons (Fsp3) is 0.462. The number of ether oxygens (including phenoxy) is 2. The van der Waals surface area contributed by atoms with Crippen LogP contribution in [0.1, 0.15) is 6.42 Å². The molecule has 0 saturated carbocycles. The SMILES string of the molecule is COC(=O)CCN(C)CCOc1ccccc1. The molecule has 0 fully saturated rings. The zero-order valence-corrected chi connectivity index (χ0v) is 10.4. The number of carbonyl (C=O) groups excluding carboxylic acids is 1. The van der Waals surface area contributed by atoms with E-state index >= 15 is 0 Å². The topological polar surface area (TPSA) is 38.8 Å². The maximum atomic E-state index is 10.9. The van der Waals surface area contributed by atoms with Gasteiger partial charge in [0.25, 0.3) is 0 Å². The van der Waals surface area contributed by atoms with Gasteiger partial charge in [-0.2, -0.15) is 0 Å². The molecule has 0 aromatic heterocycles. The van der Waals surface area contributed by atoms with Crippen molar-refractivity contribution in [2.24, 2.45) is 0 Å². The molecule has 0 amide bonds. The molecule has 0 saturated heterocycles. The molecule has 0 aliphatic carbocycles. The maximum Gasteiger partial charge on any atom is 0.306 e. The Morgan fingerprint density at radius 2 is 1.94 bits per heavy atom. The van der Waals surface area contributed by atoms with Gasteiger partial charge >= 0.3 is 5.97 Å². The van der Waals surface area contributed by atoms with E-state index in [-0.39, 0.29) is 5.97 Å².